The van der Waals surface area contributed by atoms with E-state index in [1.165, 1.54) is 23.5 Å². The van der Waals surface area contributed by atoms with Crippen molar-refractivity contribution in [2.24, 2.45) is 0 Å². The molecule has 0 N–H and O–H groups in total. The molecule has 164 valence electrons. The number of hydrogen-bond acceptors (Lipinski definition) is 5. The number of hydrogen-bond donors (Lipinski definition) is 0. The maximum atomic E-state index is 13.2. The van der Waals surface area contributed by atoms with E-state index in [-0.39, 0.29) is 29.1 Å². The summed E-state index contributed by atoms with van der Waals surface area (Å²) in [6, 6.07) is 12.3. The minimum Gasteiger partial charge on any atom is -0.379 e. The first-order chi connectivity index (χ1) is 14.7. The van der Waals surface area contributed by atoms with Crippen molar-refractivity contribution in [2.75, 3.05) is 0 Å². The number of carbonyl (C=O) groups is 1. The van der Waals surface area contributed by atoms with Gasteiger partial charge in [-0.25, -0.2) is 4.39 Å². The van der Waals surface area contributed by atoms with Gasteiger partial charge in [0.1, 0.15) is 16.5 Å². The lowest BCUT2D eigenvalue weighted by molar-refractivity contribution is 0.0676. The Balaban J connectivity index is 1.94. The number of amides is 1. The van der Waals surface area contributed by atoms with Crippen molar-refractivity contribution in [2.45, 2.75) is 37.8 Å². The lowest BCUT2D eigenvalue weighted by Gasteiger charge is -2.29. The van der Waals surface area contributed by atoms with Crippen LogP contribution < -0.4 is 4.18 Å². The molecule has 0 unspecified atom stereocenters. The average molecular weight is 482 g/mol. The first kappa shape index (κ1) is 23.2. The van der Waals surface area contributed by atoms with Gasteiger partial charge in [-0.15, -0.1) is 11.3 Å². The van der Waals surface area contributed by atoms with Gasteiger partial charge >= 0.3 is 10.1 Å². The minimum absolute atomic E-state index is 0.0565. The highest BCUT2D eigenvalue weighted by atomic mass is 35.5. The summed E-state index contributed by atoms with van der Waals surface area (Å²) in [6.07, 6.45) is 0.710. The highest BCUT2D eigenvalue weighted by molar-refractivity contribution is 7.87. The third-order valence-corrected chi connectivity index (χ3v) is 7.12. The lowest BCUT2D eigenvalue weighted by Crippen LogP contribution is -2.37. The van der Waals surface area contributed by atoms with Crippen LogP contribution in [0, 0.1) is 5.82 Å². The molecule has 31 heavy (non-hydrogen) atoms. The van der Waals surface area contributed by atoms with Crippen LogP contribution in [0.5, 0.6) is 5.75 Å². The van der Waals surface area contributed by atoms with Gasteiger partial charge in [-0.2, -0.15) is 8.42 Å². The maximum Gasteiger partial charge on any atom is 0.339 e. The Bertz CT molecular complexity index is 1150. The van der Waals surface area contributed by atoms with Crippen LogP contribution in [0.1, 0.15) is 35.5 Å². The molecule has 0 radical (unpaired) electrons. The summed E-state index contributed by atoms with van der Waals surface area (Å²) in [5.74, 6) is -0.653. The monoisotopic (exact) mass is 481 g/mol. The molecule has 0 saturated carbocycles. The summed E-state index contributed by atoms with van der Waals surface area (Å²) in [7, 11) is -4.20. The Morgan fingerprint density at radius 2 is 1.90 bits per heavy atom. The Morgan fingerprint density at radius 3 is 2.52 bits per heavy atom. The van der Waals surface area contributed by atoms with Crippen LogP contribution in [0.3, 0.4) is 0 Å². The molecule has 1 aromatic heterocycles. The van der Waals surface area contributed by atoms with Crippen molar-refractivity contribution >= 4 is 39.0 Å². The van der Waals surface area contributed by atoms with Gasteiger partial charge in [-0.1, -0.05) is 24.6 Å². The zero-order valence-electron chi connectivity index (χ0n) is 16.9. The Labute approximate surface area is 190 Å². The molecule has 1 amide bonds. The molecular formula is C22H21ClFNO4S2. The van der Waals surface area contributed by atoms with E-state index in [0.717, 1.165) is 24.3 Å². The smallest absolute Gasteiger partial charge is 0.339 e. The van der Waals surface area contributed by atoms with Crippen LogP contribution in [0.2, 0.25) is 5.02 Å². The average Bonchev–Trinajstić information content (AvgIpc) is 3.28. The van der Waals surface area contributed by atoms with Crippen LogP contribution in [0.25, 0.3) is 0 Å². The molecule has 5 nitrogen and oxygen atoms in total. The second kappa shape index (κ2) is 9.80. The molecule has 0 aliphatic carbocycles. The lowest BCUT2D eigenvalue weighted by atomic mass is 10.1. The number of halogens is 2. The van der Waals surface area contributed by atoms with E-state index in [1.807, 2.05) is 19.2 Å². The largest absolute Gasteiger partial charge is 0.379 e. The van der Waals surface area contributed by atoms with Crippen molar-refractivity contribution in [3.63, 3.8) is 0 Å². The van der Waals surface area contributed by atoms with Crippen LogP contribution in [0.15, 0.2) is 64.9 Å². The fourth-order valence-corrected chi connectivity index (χ4v) is 4.73. The van der Waals surface area contributed by atoms with Gasteiger partial charge in [0.05, 0.1) is 11.4 Å². The number of nitrogens with zero attached hydrogens (tertiary/aromatic N) is 1. The van der Waals surface area contributed by atoms with Gasteiger partial charge in [0, 0.05) is 16.6 Å². The van der Waals surface area contributed by atoms with Crippen molar-refractivity contribution in [1.82, 2.24) is 4.90 Å². The minimum atomic E-state index is -4.20. The first-order valence-corrected chi connectivity index (χ1v) is 12.2. The molecule has 0 bridgehead atoms. The molecule has 9 heteroatoms. The molecule has 3 aromatic rings. The molecule has 2 aromatic carbocycles. The van der Waals surface area contributed by atoms with E-state index in [4.69, 9.17) is 15.8 Å². The van der Waals surface area contributed by atoms with E-state index < -0.39 is 15.9 Å². The molecule has 1 atom stereocenters. The van der Waals surface area contributed by atoms with Crippen LogP contribution in [-0.4, -0.2) is 25.3 Å². The van der Waals surface area contributed by atoms with Crippen molar-refractivity contribution < 1.29 is 21.8 Å². The highest BCUT2D eigenvalue weighted by Gasteiger charge is 2.25. The molecule has 0 spiro atoms. The maximum absolute atomic E-state index is 13.2. The number of benzene rings is 2. The van der Waals surface area contributed by atoms with Gasteiger partial charge in [-0.05, 0) is 67.3 Å². The molecule has 0 saturated heterocycles. The first-order valence-electron chi connectivity index (χ1n) is 9.54. The Hall–Kier alpha value is -2.42. The van der Waals surface area contributed by atoms with Crippen molar-refractivity contribution in [3.8, 4) is 5.75 Å². The fraction of sp³-hybridized carbons (Fsp3) is 0.227. The zero-order valence-corrected chi connectivity index (χ0v) is 19.3. The summed E-state index contributed by atoms with van der Waals surface area (Å²) in [5, 5.41) is 2.21. The summed E-state index contributed by atoms with van der Waals surface area (Å²) >= 11 is 7.49. The van der Waals surface area contributed by atoms with Gasteiger partial charge in [-0.3, -0.25) is 4.79 Å². The van der Waals surface area contributed by atoms with E-state index in [2.05, 4.69) is 0 Å². The van der Waals surface area contributed by atoms with E-state index >= 15 is 0 Å². The standard InChI is InChI=1S/C22H21ClFNO4S2/c1-3-15(2)25(22(26)21-5-4-12-30-21)14-16-13-17(23)6-11-20(16)29-31(27,28)19-9-7-18(24)8-10-19/h4-13,15H,3,14H2,1-2H3/t15-/m1/s1. The third kappa shape index (κ3) is 5.64. The predicted molar refractivity (Wildman–Crippen MR) is 120 cm³/mol. The molecule has 0 aliphatic rings. The fourth-order valence-electron chi connectivity index (χ4n) is 2.89. The molecular weight excluding hydrogens is 461 g/mol. The summed E-state index contributed by atoms with van der Waals surface area (Å²) in [5.41, 5.74) is 0.448. The summed E-state index contributed by atoms with van der Waals surface area (Å²) < 4.78 is 43.9. The number of rotatable bonds is 8. The second-order valence-corrected chi connectivity index (χ2v) is 9.84. The topological polar surface area (TPSA) is 63.7 Å². The number of carbonyl (C=O) groups excluding carboxylic acids is 1. The Morgan fingerprint density at radius 1 is 1.19 bits per heavy atom. The highest BCUT2D eigenvalue weighted by Crippen LogP contribution is 2.29. The van der Waals surface area contributed by atoms with Crippen LogP contribution in [-0.2, 0) is 16.7 Å². The summed E-state index contributed by atoms with van der Waals surface area (Å²) in [6.45, 7) is 4.00. The van der Waals surface area contributed by atoms with Gasteiger partial charge in [0.15, 0.2) is 0 Å². The van der Waals surface area contributed by atoms with Crippen molar-refractivity contribution in [3.05, 3.63) is 81.3 Å². The van der Waals surface area contributed by atoms with Gasteiger partial charge in [0.2, 0.25) is 0 Å². The van der Waals surface area contributed by atoms with Crippen LogP contribution >= 0.6 is 22.9 Å². The molecule has 0 aliphatic heterocycles. The molecule has 3 rings (SSSR count). The normalized spacial score (nSPS) is 12.4. The second-order valence-electron chi connectivity index (χ2n) is 6.91. The SMILES string of the molecule is CC[C@@H](C)N(Cc1cc(Cl)ccc1OS(=O)(=O)c1ccc(F)cc1)C(=O)c1cccs1. The molecule has 1 heterocycles. The van der Waals surface area contributed by atoms with E-state index in [0.29, 0.717) is 21.9 Å². The van der Waals surface area contributed by atoms with Gasteiger partial charge < -0.3 is 9.08 Å². The van der Waals surface area contributed by atoms with Gasteiger partial charge in [0.25, 0.3) is 5.91 Å². The summed E-state index contributed by atoms with van der Waals surface area (Å²) in [4.78, 5) is 15.1. The van der Waals surface area contributed by atoms with Crippen LogP contribution in [0.4, 0.5) is 4.39 Å². The predicted octanol–water partition coefficient (Wildman–Crippen LogP) is 5.75. The number of thiophene rings is 1. The quantitative estimate of drug-likeness (QED) is 0.384. The van der Waals surface area contributed by atoms with E-state index in [9.17, 15) is 17.6 Å². The van der Waals surface area contributed by atoms with Crippen molar-refractivity contribution in [1.29, 1.82) is 0 Å². The zero-order chi connectivity index (χ0) is 22.6. The van der Waals surface area contributed by atoms with E-state index in [1.54, 1.807) is 23.1 Å². The Kier molecular flexibility index (Phi) is 7.35. The molecule has 0 fully saturated rings. The third-order valence-electron chi connectivity index (χ3n) is 4.78.